The molecule has 0 bridgehead atoms. The Labute approximate surface area is 156 Å². The molecule has 2 aliphatic rings. The summed E-state index contributed by atoms with van der Waals surface area (Å²) in [5.41, 5.74) is 1.83. The number of hydrogen-bond acceptors (Lipinski definition) is 6. The minimum atomic E-state index is -3.11. The average molecular weight is 395 g/mol. The van der Waals surface area contributed by atoms with E-state index in [2.05, 4.69) is 4.99 Å². The molecule has 0 spiro atoms. The van der Waals surface area contributed by atoms with Gasteiger partial charge in [0.05, 0.1) is 17.5 Å². The fraction of sp³-hybridized carbons (Fsp3) is 0.471. The highest BCUT2D eigenvalue weighted by Gasteiger charge is 2.49. The van der Waals surface area contributed by atoms with Crippen LogP contribution in [-0.2, 0) is 19.4 Å². The summed E-state index contributed by atoms with van der Waals surface area (Å²) < 4.78 is 24.0. The van der Waals surface area contributed by atoms with Gasteiger partial charge in [-0.1, -0.05) is 23.9 Å². The Bertz CT molecular complexity index is 866. The maximum absolute atomic E-state index is 12.1. The van der Waals surface area contributed by atoms with Crippen LogP contribution in [-0.4, -0.2) is 48.3 Å². The summed E-state index contributed by atoms with van der Waals surface area (Å²) >= 11 is 1.31. The van der Waals surface area contributed by atoms with E-state index in [9.17, 15) is 23.1 Å². The Morgan fingerprint density at radius 2 is 2.08 bits per heavy atom. The number of carboxylic acid groups (broad SMARTS) is 1. The van der Waals surface area contributed by atoms with Gasteiger partial charge in [-0.3, -0.25) is 4.79 Å². The summed E-state index contributed by atoms with van der Waals surface area (Å²) in [4.78, 5) is 28.6. The van der Waals surface area contributed by atoms with Crippen LogP contribution in [0.3, 0.4) is 0 Å². The predicted molar refractivity (Wildman–Crippen MR) is 98.8 cm³/mol. The van der Waals surface area contributed by atoms with Gasteiger partial charge < -0.3 is 14.8 Å². The molecule has 9 heteroatoms. The third-order valence-corrected chi connectivity index (χ3v) is 7.55. The summed E-state index contributed by atoms with van der Waals surface area (Å²) in [6.07, 6.45) is 0.0104. The Balaban J connectivity index is 1.85. The maximum atomic E-state index is 12.1. The number of fused-ring (bicyclic) bond motifs is 1. The monoisotopic (exact) mass is 395 g/mol. The minimum absolute atomic E-state index is 0.0212. The highest BCUT2D eigenvalue weighted by atomic mass is 32.2. The Kier molecular flexibility index (Phi) is 5.38. The van der Waals surface area contributed by atoms with Crippen LogP contribution in [0.1, 0.15) is 24.8 Å². The lowest BCUT2D eigenvalue weighted by molar-refractivity contribution is -0.305. The lowest BCUT2D eigenvalue weighted by atomic mass is 10.1. The Morgan fingerprint density at radius 3 is 2.77 bits per heavy atom. The maximum Gasteiger partial charge on any atom is 0.248 e. The molecule has 0 unspecified atom stereocenters. The number of aryl methyl sites for hydroxylation is 1. The van der Waals surface area contributed by atoms with Gasteiger partial charge in [-0.2, -0.15) is 4.99 Å². The number of carboxylic acids is 1. The molecule has 0 saturated carbocycles. The molecule has 3 rings (SSSR count). The topological polar surface area (TPSA) is 107 Å². The number of nitrogens with zero attached hydrogens (tertiary/aromatic N) is 2. The first kappa shape index (κ1) is 18.9. The molecule has 1 amide bonds. The highest BCUT2D eigenvalue weighted by molar-refractivity contribution is 8.16. The van der Waals surface area contributed by atoms with Crippen LogP contribution in [0.15, 0.2) is 29.3 Å². The second-order valence-electron chi connectivity index (χ2n) is 6.52. The summed E-state index contributed by atoms with van der Waals surface area (Å²) in [5, 5.41) is 10.8. The van der Waals surface area contributed by atoms with Crippen LogP contribution in [0.25, 0.3) is 0 Å². The Morgan fingerprint density at radius 1 is 1.31 bits per heavy atom. The summed E-state index contributed by atoms with van der Waals surface area (Å²) in [5.74, 6) is -1.49. The van der Waals surface area contributed by atoms with Crippen molar-refractivity contribution in [2.24, 2.45) is 4.99 Å². The van der Waals surface area contributed by atoms with Gasteiger partial charge in [0, 0.05) is 23.3 Å². The van der Waals surface area contributed by atoms with Crippen molar-refractivity contribution < 1.29 is 23.1 Å². The molecule has 1 aromatic carbocycles. The lowest BCUT2D eigenvalue weighted by Gasteiger charge is -2.24. The van der Waals surface area contributed by atoms with Gasteiger partial charge in [-0.05, 0) is 37.5 Å². The quantitative estimate of drug-likeness (QED) is 0.715. The third kappa shape index (κ3) is 4.27. The third-order valence-electron chi connectivity index (χ3n) is 4.34. The zero-order valence-electron chi connectivity index (χ0n) is 14.3. The van der Waals surface area contributed by atoms with Crippen molar-refractivity contribution in [3.05, 3.63) is 29.8 Å². The van der Waals surface area contributed by atoms with Crippen LogP contribution in [0.5, 0.6) is 0 Å². The lowest BCUT2D eigenvalue weighted by Crippen LogP contribution is -2.37. The van der Waals surface area contributed by atoms with Crippen molar-refractivity contribution >= 4 is 44.3 Å². The number of thioether (sulfide) groups is 1. The zero-order valence-corrected chi connectivity index (χ0v) is 15.9. The fourth-order valence-electron chi connectivity index (χ4n) is 3.19. The van der Waals surface area contributed by atoms with Crippen molar-refractivity contribution in [2.75, 3.05) is 16.4 Å². The molecule has 26 heavy (non-hydrogen) atoms. The fourth-order valence-corrected chi connectivity index (χ4v) is 7.12. The standard InChI is InChI=1S/C17H20N2O5S2/c1-11-4-2-5-12(8-11)19-13-9-26(23,24)10-14(13)25-17(19)18-15(20)6-3-7-16(21)22/h2,4-5,8,13-14H,3,6-7,9-10H2,1H3,(H,21,22)/p-1/t13-,14+/m1/s1. The first-order chi connectivity index (χ1) is 12.2. The van der Waals surface area contributed by atoms with Crippen LogP contribution >= 0.6 is 11.8 Å². The molecule has 2 heterocycles. The molecule has 1 aromatic rings. The summed E-state index contributed by atoms with van der Waals surface area (Å²) in [7, 11) is -3.11. The number of aliphatic imine (C=N–C) groups is 1. The normalized spacial score (nSPS) is 25.4. The predicted octanol–water partition coefficient (Wildman–Crippen LogP) is 0.517. The van der Waals surface area contributed by atoms with Gasteiger partial charge in [0.25, 0.3) is 0 Å². The number of sulfone groups is 1. The van der Waals surface area contributed by atoms with E-state index >= 15 is 0 Å². The molecular weight excluding hydrogens is 376 g/mol. The van der Waals surface area contributed by atoms with E-state index in [0.717, 1.165) is 11.3 Å². The summed E-state index contributed by atoms with van der Waals surface area (Å²) in [6.45, 7) is 1.94. The number of rotatable bonds is 5. The molecule has 2 fully saturated rings. The number of hydrogen-bond donors (Lipinski definition) is 0. The largest absolute Gasteiger partial charge is 0.550 e. The molecule has 2 saturated heterocycles. The number of anilines is 1. The van der Waals surface area contributed by atoms with Crippen molar-refractivity contribution in [3.63, 3.8) is 0 Å². The van der Waals surface area contributed by atoms with Gasteiger partial charge in [-0.15, -0.1) is 0 Å². The van der Waals surface area contributed by atoms with E-state index in [4.69, 9.17) is 0 Å². The first-order valence-corrected chi connectivity index (χ1v) is 11.0. The van der Waals surface area contributed by atoms with Crippen LogP contribution in [0.4, 0.5) is 5.69 Å². The molecule has 2 aliphatic heterocycles. The Hall–Kier alpha value is -1.87. The molecular formula is C17H19N2O5S2-. The van der Waals surface area contributed by atoms with Gasteiger partial charge in [0.1, 0.15) is 0 Å². The van der Waals surface area contributed by atoms with Crippen molar-refractivity contribution in [1.82, 2.24) is 0 Å². The molecule has 0 radical (unpaired) electrons. The summed E-state index contributed by atoms with van der Waals surface area (Å²) in [6, 6.07) is 7.38. The average Bonchev–Trinajstić information content (AvgIpc) is 2.97. The zero-order chi connectivity index (χ0) is 18.9. The van der Waals surface area contributed by atoms with Crippen molar-refractivity contribution in [3.8, 4) is 0 Å². The number of benzene rings is 1. The van der Waals surface area contributed by atoms with E-state index in [1.807, 2.05) is 36.1 Å². The number of amides is 1. The molecule has 0 aromatic heterocycles. The van der Waals surface area contributed by atoms with Crippen LogP contribution in [0.2, 0.25) is 0 Å². The van der Waals surface area contributed by atoms with E-state index in [1.54, 1.807) is 0 Å². The SMILES string of the molecule is Cc1cccc(N2C(=NC(=O)CCCC(=O)[O-])S[C@H]3CS(=O)(=O)C[C@H]32)c1. The number of carbonyl (C=O) groups is 2. The number of carbonyl (C=O) groups excluding carboxylic acids is 2. The number of amidine groups is 1. The van der Waals surface area contributed by atoms with Gasteiger partial charge in [-0.25, -0.2) is 8.42 Å². The van der Waals surface area contributed by atoms with Crippen LogP contribution in [0, 0.1) is 6.92 Å². The van der Waals surface area contributed by atoms with E-state index in [-0.39, 0.29) is 42.1 Å². The van der Waals surface area contributed by atoms with Crippen LogP contribution < -0.4 is 10.0 Å². The number of aliphatic carboxylic acids is 1. The molecule has 140 valence electrons. The minimum Gasteiger partial charge on any atom is -0.550 e. The van der Waals surface area contributed by atoms with Crippen molar-refractivity contribution in [2.45, 2.75) is 37.5 Å². The molecule has 2 atom stereocenters. The van der Waals surface area contributed by atoms with E-state index in [1.165, 1.54) is 11.8 Å². The van der Waals surface area contributed by atoms with Gasteiger partial charge in [0.2, 0.25) is 5.91 Å². The molecule has 0 aliphatic carbocycles. The van der Waals surface area contributed by atoms with Gasteiger partial charge >= 0.3 is 0 Å². The van der Waals surface area contributed by atoms with E-state index in [0.29, 0.717) is 5.17 Å². The molecule has 0 N–H and O–H groups in total. The first-order valence-electron chi connectivity index (χ1n) is 8.29. The van der Waals surface area contributed by atoms with Crippen molar-refractivity contribution in [1.29, 1.82) is 0 Å². The smallest absolute Gasteiger partial charge is 0.248 e. The second kappa shape index (κ2) is 7.40. The van der Waals surface area contributed by atoms with Gasteiger partial charge in [0.15, 0.2) is 15.0 Å². The molecule has 7 nitrogen and oxygen atoms in total. The second-order valence-corrected chi connectivity index (χ2v) is 9.88. The van der Waals surface area contributed by atoms with E-state index < -0.39 is 21.7 Å². The highest BCUT2D eigenvalue weighted by Crippen LogP contribution is 2.41.